The summed E-state index contributed by atoms with van der Waals surface area (Å²) in [6.45, 7) is 1.64. The van der Waals surface area contributed by atoms with Gasteiger partial charge in [0.15, 0.2) is 0 Å². The molecule has 82 valence electrons. The zero-order valence-electron chi connectivity index (χ0n) is 8.35. The topological polar surface area (TPSA) is 115 Å². The van der Waals surface area contributed by atoms with Crippen molar-refractivity contribution in [1.82, 2.24) is 9.97 Å². The number of non-ortho nitro benzene ring substituents is 1. The molecule has 0 aliphatic heterocycles. The van der Waals surface area contributed by atoms with Gasteiger partial charge in [0, 0.05) is 12.1 Å². The second-order valence-corrected chi connectivity index (χ2v) is 3.37. The highest BCUT2D eigenvalue weighted by Gasteiger charge is 2.12. The molecule has 0 saturated heterocycles. The van der Waals surface area contributed by atoms with E-state index < -0.39 is 10.5 Å². The Balaban J connectivity index is 2.93. The fourth-order valence-electron chi connectivity index (χ4n) is 1.52. The molecule has 1 heterocycles. The van der Waals surface area contributed by atoms with E-state index >= 15 is 0 Å². The van der Waals surface area contributed by atoms with Crippen molar-refractivity contribution in [3.05, 3.63) is 38.2 Å². The molecule has 0 amide bonds. The van der Waals surface area contributed by atoms with Crippen molar-refractivity contribution in [2.45, 2.75) is 6.92 Å². The van der Waals surface area contributed by atoms with Gasteiger partial charge in [-0.2, -0.15) is 0 Å². The Bertz CT molecular complexity index is 647. The first-order valence-corrected chi connectivity index (χ1v) is 4.43. The van der Waals surface area contributed by atoms with Crippen molar-refractivity contribution in [2.75, 3.05) is 5.73 Å². The lowest BCUT2D eigenvalue weighted by molar-refractivity contribution is -0.384. The summed E-state index contributed by atoms with van der Waals surface area (Å²) in [6, 6.07) is 2.54. The highest BCUT2D eigenvalue weighted by Crippen LogP contribution is 2.21. The van der Waals surface area contributed by atoms with Gasteiger partial charge in [-0.15, -0.1) is 0 Å². The smallest absolute Gasteiger partial charge is 0.270 e. The highest BCUT2D eigenvalue weighted by atomic mass is 16.6. The monoisotopic (exact) mass is 220 g/mol. The molecule has 1 aromatic heterocycles. The van der Waals surface area contributed by atoms with Crippen LogP contribution in [0.15, 0.2) is 16.9 Å². The van der Waals surface area contributed by atoms with E-state index in [1.807, 2.05) is 0 Å². The lowest BCUT2D eigenvalue weighted by Crippen LogP contribution is -2.12. The predicted octanol–water partition coefficient (Wildman–Crippen LogP) is 0.722. The summed E-state index contributed by atoms with van der Waals surface area (Å²) in [7, 11) is 0. The number of nitro groups is 1. The van der Waals surface area contributed by atoms with E-state index in [0.717, 1.165) is 0 Å². The van der Waals surface area contributed by atoms with Crippen LogP contribution in [0.5, 0.6) is 0 Å². The third-order valence-electron chi connectivity index (χ3n) is 2.21. The quantitative estimate of drug-likeness (QED) is 0.542. The van der Waals surface area contributed by atoms with Gasteiger partial charge in [-0.05, 0) is 12.5 Å². The number of fused-ring (bicyclic) bond motifs is 1. The molecule has 0 fully saturated rings. The largest absolute Gasteiger partial charge is 0.369 e. The molecule has 16 heavy (non-hydrogen) atoms. The van der Waals surface area contributed by atoms with Crippen LogP contribution in [0.4, 0.5) is 11.6 Å². The maximum atomic E-state index is 11.5. The molecule has 0 atom stereocenters. The highest BCUT2D eigenvalue weighted by molar-refractivity contribution is 5.84. The average molecular weight is 220 g/mol. The summed E-state index contributed by atoms with van der Waals surface area (Å²) in [5, 5.41) is 10.8. The first-order chi connectivity index (χ1) is 7.49. The van der Waals surface area contributed by atoms with Crippen LogP contribution in [0, 0.1) is 17.0 Å². The minimum Gasteiger partial charge on any atom is -0.369 e. The Kier molecular flexibility index (Phi) is 2.08. The Hall–Kier alpha value is -2.44. The standard InChI is InChI=1S/C9H8N4O3/c1-4-2-5(13(15)16)3-6-7(4)11-9(10)12-8(6)14/h2-3H,1H3,(H3,10,11,12,14). The van der Waals surface area contributed by atoms with Crippen molar-refractivity contribution < 1.29 is 4.92 Å². The van der Waals surface area contributed by atoms with Crippen molar-refractivity contribution in [1.29, 1.82) is 0 Å². The number of aromatic nitrogens is 2. The molecule has 1 aromatic carbocycles. The third-order valence-corrected chi connectivity index (χ3v) is 2.21. The summed E-state index contributed by atoms with van der Waals surface area (Å²) in [5.74, 6) is -0.00514. The summed E-state index contributed by atoms with van der Waals surface area (Å²) >= 11 is 0. The van der Waals surface area contributed by atoms with Crippen LogP contribution in [-0.4, -0.2) is 14.9 Å². The maximum Gasteiger partial charge on any atom is 0.270 e. The average Bonchev–Trinajstić information content (AvgIpc) is 2.19. The number of aryl methyl sites for hydroxylation is 1. The van der Waals surface area contributed by atoms with Gasteiger partial charge in [0.1, 0.15) is 0 Å². The van der Waals surface area contributed by atoms with Gasteiger partial charge in [-0.25, -0.2) is 4.98 Å². The van der Waals surface area contributed by atoms with Gasteiger partial charge in [0.05, 0.1) is 15.8 Å². The molecular weight excluding hydrogens is 212 g/mol. The number of aromatic amines is 1. The van der Waals surface area contributed by atoms with Crippen LogP contribution in [-0.2, 0) is 0 Å². The van der Waals surface area contributed by atoms with Crippen LogP contribution >= 0.6 is 0 Å². The fraction of sp³-hybridized carbons (Fsp3) is 0.111. The second kappa shape index (κ2) is 3.30. The molecule has 3 N–H and O–H groups in total. The normalized spacial score (nSPS) is 10.6. The van der Waals surface area contributed by atoms with Crippen LogP contribution in [0.25, 0.3) is 10.9 Å². The van der Waals surface area contributed by atoms with E-state index in [1.54, 1.807) is 6.92 Å². The number of nitrogens with two attached hydrogens (primary N) is 1. The van der Waals surface area contributed by atoms with Gasteiger partial charge >= 0.3 is 0 Å². The number of nitro benzene ring substituents is 1. The Labute approximate surface area is 89.1 Å². The lowest BCUT2D eigenvalue weighted by Gasteiger charge is -2.01. The van der Waals surface area contributed by atoms with Gasteiger partial charge in [0.25, 0.3) is 11.2 Å². The van der Waals surface area contributed by atoms with Gasteiger partial charge in [0.2, 0.25) is 5.95 Å². The molecular formula is C9H8N4O3. The number of nitrogens with zero attached hydrogens (tertiary/aromatic N) is 2. The van der Waals surface area contributed by atoms with Crippen LogP contribution in [0.1, 0.15) is 5.56 Å². The van der Waals surface area contributed by atoms with E-state index in [-0.39, 0.29) is 17.0 Å². The Morgan fingerprint density at radius 3 is 2.81 bits per heavy atom. The number of benzene rings is 1. The van der Waals surface area contributed by atoms with E-state index in [0.29, 0.717) is 11.1 Å². The molecule has 7 heteroatoms. The third kappa shape index (κ3) is 1.48. The van der Waals surface area contributed by atoms with Gasteiger partial charge in [-0.3, -0.25) is 19.9 Å². The number of nitrogen functional groups attached to an aromatic ring is 1. The number of nitrogens with one attached hydrogen (secondary N) is 1. The number of hydrogen-bond acceptors (Lipinski definition) is 5. The first kappa shape index (κ1) is 10.1. The SMILES string of the molecule is Cc1cc([N+](=O)[O-])cc2c(=O)[nH]c(N)nc12. The molecule has 0 unspecified atom stereocenters. The second-order valence-electron chi connectivity index (χ2n) is 3.37. The molecule has 0 aliphatic carbocycles. The van der Waals surface area contributed by atoms with Crippen LogP contribution in [0.3, 0.4) is 0 Å². The minimum absolute atomic E-state index is 0.00514. The predicted molar refractivity (Wildman–Crippen MR) is 58.2 cm³/mol. The fourth-order valence-corrected chi connectivity index (χ4v) is 1.52. The number of anilines is 1. The Morgan fingerprint density at radius 2 is 2.19 bits per heavy atom. The summed E-state index contributed by atoms with van der Waals surface area (Å²) in [5.41, 5.74) is 5.70. The van der Waals surface area contributed by atoms with E-state index in [9.17, 15) is 14.9 Å². The van der Waals surface area contributed by atoms with Crippen molar-refractivity contribution >= 4 is 22.5 Å². The Morgan fingerprint density at radius 1 is 1.50 bits per heavy atom. The molecule has 2 rings (SSSR count). The summed E-state index contributed by atoms with van der Waals surface area (Å²) in [4.78, 5) is 27.8. The number of hydrogen-bond donors (Lipinski definition) is 2. The van der Waals surface area contributed by atoms with Gasteiger partial charge < -0.3 is 5.73 Å². The van der Waals surface area contributed by atoms with Crippen LogP contribution in [0.2, 0.25) is 0 Å². The molecule has 0 saturated carbocycles. The summed E-state index contributed by atoms with van der Waals surface area (Å²) < 4.78 is 0. The van der Waals surface area contributed by atoms with Gasteiger partial charge in [-0.1, -0.05) is 0 Å². The first-order valence-electron chi connectivity index (χ1n) is 4.43. The molecule has 0 aliphatic rings. The molecule has 0 spiro atoms. The lowest BCUT2D eigenvalue weighted by atomic mass is 10.1. The zero-order valence-corrected chi connectivity index (χ0v) is 8.35. The van der Waals surface area contributed by atoms with Crippen molar-refractivity contribution in [3.63, 3.8) is 0 Å². The molecule has 2 aromatic rings. The van der Waals surface area contributed by atoms with Crippen molar-refractivity contribution in [3.8, 4) is 0 Å². The zero-order chi connectivity index (χ0) is 11.9. The molecule has 0 radical (unpaired) electrons. The van der Waals surface area contributed by atoms with E-state index in [4.69, 9.17) is 5.73 Å². The van der Waals surface area contributed by atoms with Crippen LogP contribution < -0.4 is 11.3 Å². The summed E-state index contributed by atoms with van der Waals surface area (Å²) in [6.07, 6.45) is 0. The van der Waals surface area contributed by atoms with E-state index in [1.165, 1.54) is 12.1 Å². The molecule has 7 nitrogen and oxygen atoms in total. The number of rotatable bonds is 1. The minimum atomic E-state index is -0.553. The molecule has 0 bridgehead atoms. The van der Waals surface area contributed by atoms with Crippen molar-refractivity contribution in [2.24, 2.45) is 0 Å². The number of H-pyrrole nitrogens is 1. The van der Waals surface area contributed by atoms with E-state index in [2.05, 4.69) is 9.97 Å². The maximum absolute atomic E-state index is 11.5.